The molecule has 0 aliphatic heterocycles. The highest BCUT2D eigenvalue weighted by Crippen LogP contribution is 2.18. The van der Waals surface area contributed by atoms with Gasteiger partial charge in [-0.05, 0) is 12.2 Å². The molecule has 1 rings (SSSR count). The molecule has 0 aromatic heterocycles. The van der Waals surface area contributed by atoms with Crippen molar-refractivity contribution in [1.29, 1.82) is 0 Å². The van der Waals surface area contributed by atoms with Crippen molar-refractivity contribution in [3.63, 3.8) is 0 Å². The number of nitrogens with one attached hydrogen (secondary N) is 1. The van der Waals surface area contributed by atoms with Crippen LogP contribution in [0.1, 0.15) is 0 Å². The van der Waals surface area contributed by atoms with Gasteiger partial charge in [0.1, 0.15) is 12.0 Å². The van der Waals surface area contributed by atoms with Gasteiger partial charge in [0.2, 0.25) is 0 Å². The molecule has 3 heteroatoms. The second kappa shape index (κ2) is 3.05. The lowest BCUT2D eigenvalue weighted by Crippen LogP contribution is -1.95. The van der Waals surface area contributed by atoms with Crippen LogP contribution in [0.2, 0.25) is 0 Å². The van der Waals surface area contributed by atoms with Crippen LogP contribution in [0.5, 0.6) is 0 Å². The van der Waals surface area contributed by atoms with Crippen molar-refractivity contribution in [3.05, 3.63) is 35.3 Å². The average Bonchev–Trinajstić information content (AvgIpc) is 2.33. The smallest absolute Gasteiger partial charge is 0.150 e. The number of rotatable bonds is 2. The summed E-state index contributed by atoms with van der Waals surface area (Å²) in [5, 5.41) is 11.9. The van der Waals surface area contributed by atoms with Gasteiger partial charge in [-0.1, -0.05) is 0 Å². The number of hydrogen-bond acceptors (Lipinski definition) is 3. The minimum absolute atomic E-state index is 0.126. The molecular formula is C8H9NO2. The van der Waals surface area contributed by atoms with E-state index in [1.807, 2.05) is 0 Å². The number of carbonyl (C=O) groups excluding carboxylic acids is 1. The zero-order chi connectivity index (χ0) is 8.27. The fraction of sp³-hybridized carbons (Fsp3) is 0.125. The van der Waals surface area contributed by atoms with Crippen molar-refractivity contribution < 1.29 is 9.90 Å². The van der Waals surface area contributed by atoms with Crippen molar-refractivity contribution in [2.24, 2.45) is 0 Å². The lowest BCUT2D eigenvalue weighted by atomic mass is 10.3. The Balaban J connectivity index is 2.89. The summed E-state index contributed by atoms with van der Waals surface area (Å²) in [6, 6.07) is 0. The van der Waals surface area contributed by atoms with Gasteiger partial charge in [0.05, 0.1) is 0 Å². The summed E-state index contributed by atoms with van der Waals surface area (Å²) in [6.45, 7) is 0. The molecule has 0 saturated heterocycles. The van der Waals surface area contributed by atoms with Crippen molar-refractivity contribution in [3.8, 4) is 0 Å². The van der Waals surface area contributed by atoms with E-state index in [4.69, 9.17) is 5.11 Å². The molecule has 3 nitrogen and oxygen atoms in total. The van der Waals surface area contributed by atoms with E-state index >= 15 is 0 Å². The SMILES string of the molecule is CNC=C1C=C(C=O)C=C1O. The molecular weight excluding hydrogens is 142 g/mol. The molecule has 58 valence electrons. The van der Waals surface area contributed by atoms with Crippen LogP contribution in [-0.2, 0) is 4.79 Å². The van der Waals surface area contributed by atoms with Gasteiger partial charge in [-0.15, -0.1) is 0 Å². The van der Waals surface area contributed by atoms with Gasteiger partial charge in [-0.3, -0.25) is 4.79 Å². The highest BCUT2D eigenvalue weighted by Gasteiger charge is 2.09. The van der Waals surface area contributed by atoms with Crippen LogP contribution in [0.3, 0.4) is 0 Å². The number of allylic oxidation sites excluding steroid dienone is 3. The number of aldehydes is 1. The molecule has 0 spiro atoms. The van der Waals surface area contributed by atoms with Gasteiger partial charge in [0.25, 0.3) is 0 Å². The first-order chi connectivity index (χ1) is 5.27. The van der Waals surface area contributed by atoms with Crippen LogP contribution in [0, 0.1) is 0 Å². The van der Waals surface area contributed by atoms with Crippen molar-refractivity contribution in [1.82, 2.24) is 5.32 Å². The monoisotopic (exact) mass is 151 g/mol. The summed E-state index contributed by atoms with van der Waals surface area (Å²) in [6.07, 6.45) is 5.37. The maximum absolute atomic E-state index is 10.2. The van der Waals surface area contributed by atoms with E-state index in [0.717, 1.165) is 0 Å². The quantitative estimate of drug-likeness (QED) is 0.570. The third kappa shape index (κ3) is 1.49. The van der Waals surface area contributed by atoms with E-state index in [0.29, 0.717) is 17.4 Å². The molecule has 0 bridgehead atoms. The Kier molecular flexibility index (Phi) is 2.11. The van der Waals surface area contributed by atoms with Crippen LogP contribution >= 0.6 is 0 Å². The third-order valence-corrected chi connectivity index (χ3v) is 1.36. The summed E-state index contributed by atoms with van der Waals surface area (Å²) in [5.74, 6) is 0.126. The third-order valence-electron chi connectivity index (χ3n) is 1.36. The van der Waals surface area contributed by atoms with Crippen molar-refractivity contribution in [2.75, 3.05) is 7.05 Å². The molecule has 0 saturated carbocycles. The van der Waals surface area contributed by atoms with Gasteiger partial charge >= 0.3 is 0 Å². The van der Waals surface area contributed by atoms with Crippen LogP contribution in [0.15, 0.2) is 35.3 Å². The topological polar surface area (TPSA) is 49.3 Å². The molecule has 0 aromatic rings. The average molecular weight is 151 g/mol. The van der Waals surface area contributed by atoms with Gasteiger partial charge in [-0.2, -0.15) is 0 Å². The minimum atomic E-state index is 0.126. The molecule has 2 N–H and O–H groups in total. The van der Waals surface area contributed by atoms with E-state index < -0.39 is 0 Å². The summed E-state index contributed by atoms with van der Waals surface area (Å²) < 4.78 is 0. The molecule has 0 fully saturated rings. The zero-order valence-electron chi connectivity index (χ0n) is 6.16. The number of aliphatic hydroxyl groups excluding tert-OH is 1. The molecule has 0 atom stereocenters. The number of carbonyl (C=O) groups is 1. The summed E-state index contributed by atoms with van der Waals surface area (Å²) >= 11 is 0. The Morgan fingerprint density at radius 1 is 1.55 bits per heavy atom. The predicted molar refractivity (Wildman–Crippen MR) is 42.0 cm³/mol. The molecule has 0 unspecified atom stereocenters. The number of hydrogen-bond donors (Lipinski definition) is 2. The Bertz CT molecular complexity index is 261. The highest BCUT2D eigenvalue weighted by molar-refractivity contribution is 5.81. The molecule has 0 radical (unpaired) electrons. The van der Waals surface area contributed by atoms with E-state index in [1.54, 1.807) is 19.3 Å². The maximum Gasteiger partial charge on any atom is 0.150 e. The van der Waals surface area contributed by atoms with Gasteiger partial charge in [-0.25, -0.2) is 0 Å². The van der Waals surface area contributed by atoms with Crippen molar-refractivity contribution in [2.45, 2.75) is 0 Å². The Labute approximate surface area is 64.7 Å². The van der Waals surface area contributed by atoms with E-state index in [-0.39, 0.29) is 5.76 Å². The summed E-state index contributed by atoms with van der Waals surface area (Å²) in [7, 11) is 1.73. The van der Waals surface area contributed by atoms with Crippen LogP contribution < -0.4 is 5.32 Å². The molecule has 0 aromatic carbocycles. The second-order valence-corrected chi connectivity index (χ2v) is 2.18. The Hall–Kier alpha value is -1.51. The van der Waals surface area contributed by atoms with E-state index in [9.17, 15) is 4.79 Å². The van der Waals surface area contributed by atoms with Crippen LogP contribution in [0.4, 0.5) is 0 Å². The van der Waals surface area contributed by atoms with Crippen molar-refractivity contribution >= 4 is 6.29 Å². The van der Waals surface area contributed by atoms with Gasteiger partial charge in [0, 0.05) is 24.4 Å². The molecule has 1 aliphatic carbocycles. The summed E-state index contributed by atoms with van der Waals surface area (Å²) in [5.41, 5.74) is 1.12. The fourth-order valence-electron chi connectivity index (χ4n) is 0.876. The lowest BCUT2D eigenvalue weighted by molar-refractivity contribution is -0.104. The molecule has 1 aliphatic rings. The van der Waals surface area contributed by atoms with Gasteiger partial charge in [0.15, 0.2) is 0 Å². The zero-order valence-corrected chi connectivity index (χ0v) is 6.16. The van der Waals surface area contributed by atoms with E-state index in [1.165, 1.54) is 6.08 Å². The first kappa shape index (κ1) is 7.60. The minimum Gasteiger partial charge on any atom is -0.507 e. The fourth-order valence-corrected chi connectivity index (χ4v) is 0.876. The molecule has 11 heavy (non-hydrogen) atoms. The maximum atomic E-state index is 10.2. The Morgan fingerprint density at radius 2 is 2.27 bits per heavy atom. The largest absolute Gasteiger partial charge is 0.507 e. The first-order valence-corrected chi connectivity index (χ1v) is 3.23. The Morgan fingerprint density at radius 3 is 2.73 bits per heavy atom. The van der Waals surface area contributed by atoms with E-state index in [2.05, 4.69) is 5.32 Å². The normalized spacial score (nSPS) is 19.5. The van der Waals surface area contributed by atoms with Gasteiger partial charge < -0.3 is 10.4 Å². The summed E-state index contributed by atoms with van der Waals surface area (Å²) in [4.78, 5) is 10.2. The first-order valence-electron chi connectivity index (χ1n) is 3.23. The molecule has 0 heterocycles. The highest BCUT2D eigenvalue weighted by atomic mass is 16.3. The predicted octanol–water partition coefficient (Wildman–Crippen LogP) is 0.670. The lowest BCUT2D eigenvalue weighted by Gasteiger charge is -1.93. The van der Waals surface area contributed by atoms with Crippen LogP contribution in [-0.4, -0.2) is 18.4 Å². The van der Waals surface area contributed by atoms with Crippen LogP contribution in [0.25, 0.3) is 0 Å². The second-order valence-electron chi connectivity index (χ2n) is 2.18. The standard InChI is InChI=1S/C8H9NO2/c1-9-4-7-2-6(5-10)3-8(7)11/h2-5,9,11H,1H3. The molecule has 0 amide bonds. The number of aliphatic hydroxyl groups is 1.